The van der Waals surface area contributed by atoms with Gasteiger partial charge >= 0.3 is 0 Å². The van der Waals surface area contributed by atoms with E-state index in [2.05, 4.69) is 19.9 Å². The van der Waals surface area contributed by atoms with E-state index in [1.807, 2.05) is 0 Å². The maximum atomic E-state index is 5.77. The van der Waals surface area contributed by atoms with E-state index in [9.17, 15) is 0 Å². The fourth-order valence-corrected chi connectivity index (χ4v) is 2.20. The highest BCUT2D eigenvalue weighted by Gasteiger charge is 2.21. The van der Waals surface area contributed by atoms with E-state index in [1.165, 1.54) is 42.6 Å². The first-order valence-electron chi connectivity index (χ1n) is 5.34. The van der Waals surface area contributed by atoms with Gasteiger partial charge in [-0.15, -0.1) is 0 Å². The fourth-order valence-electron chi connectivity index (χ4n) is 2.20. The second-order valence-corrected chi connectivity index (χ2v) is 4.23. The average Bonchev–Trinajstić information content (AvgIpc) is 2.17. The van der Waals surface area contributed by atoms with Gasteiger partial charge in [0.05, 0.1) is 6.61 Å². The van der Waals surface area contributed by atoms with Crippen molar-refractivity contribution in [2.75, 3.05) is 6.61 Å². The first kappa shape index (κ1) is 8.86. The third-order valence-electron chi connectivity index (χ3n) is 2.92. The van der Waals surface area contributed by atoms with Crippen molar-refractivity contribution >= 4 is 0 Å². The fraction of sp³-hybridized carbons (Fsp3) is 0.667. The third-order valence-corrected chi connectivity index (χ3v) is 2.92. The maximum absolute atomic E-state index is 5.77. The number of allylic oxidation sites excluding steroid dienone is 3. The molecule has 1 heteroatoms. The lowest BCUT2D eigenvalue weighted by atomic mass is 9.87. The largest absolute Gasteiger partial charge is 0.493 e. The zero-order valence-electron chi connectivity index (χ0n) is 8.60. The van der Waals surface area contributed by atoms with Crippen molar-refractivity contribution in [3.8, 4) is 0 Å². The van der Waals surface area contributed by atoms with Gasteiger partial charge in [0.15, 0.2) is 0 Å². The normalized spacial score (nSPS) is 22.5. The molecule has 0 amide bonds. The molecule has 1 nitrogen and oxygen atoms in total. The number of rotatable bonds is 1. The first-order chi connectivity index (χ1) is 6.29. The molecule has 0 N–H and O–H groups in total. The van der Waals surface area contributed by atoms with E-state index in [1.54, 1.807) is 0 Å². The highest BCUT2D eigenvalue weighted by molar-refractivity contribution is 5.36. The van der Waals surface area contributed by atoms with Crippen molar-refractivity contribution in [3.05, 3.63) is 23.0 Å². The number of fused-ring (bicyclic) bond motifs is 1. The van der Waals surface area contributed by atoms with Crippen molar-refractivity contribution in [2.45, 2.75) is 39.5 Å². The minimum Gasteiger partial charge on any atom is -0.493 e. The van der Waals surface area contributed by atoms with Crippen LogP contribution < -0.4 is 0 Å². The smallest absolute Gasteiger partial charge is 0.121 e. The van der Waals surface area contributed by atoms with Gasteiger partial charge in [-0.1, -0.05) is 19.9 Å². The molecule has 1 aliphatic carbocycles. The zero-order chi connectivity index (χ0) is 9.26. The summed E-state index contributed by atoms with van der Waals surface area (Å²) in [5, 5.41) is 0. The van der Waals surface area contributed by atoms with Crippen LogP contribution in [0.25, 0.3) is 0 Å². The monoisotopic (exact) mass is 178 g/mol. The molecule has 13 heavy (non-hydrogen) atoms. The van der Waals surface area contributed by atoms with Crippen molar-refractivity contribution in [1.29, 1.82) is 0 Å². The van der Waals surface area contributed by atoms with Gasteiger partial charge in [0.1, 0.15) is 5.76 Å². The summed E-state index contributed by atoms with van der Waals surface area (Å²) >= 11 is 0. The molecule has 1 fully saturated rings. The number of ether oxygens (including phenoxy) is 1. The minimum absolute atomic E-state index is 0.650. The Kier molecular flexibility index (Phi) is 2.43. The molecule has 1 saturated heterocycles. The predicted molar refractivity (Wildman–Crippen MR) is 54.4 cm³/mol. The molecule has 2 aliphatic rings. The van der Waals surface area contributed by atoms with E-state index in [-0.39, 0.29) is 0 Å². The van der Waals surface area contributed by atoms with Gasteiger partial charge in [0.25, 0.3) is 0 Å². The van der Waals surface area contributed by atoms with Crippen molar-refractivity contribution in [2.24, 2.45) is 5.92 Å². The van der Waals surface area contributed by atoms with Gasteiger partial charge in [-0.2, -0.15) is 0 Å². The molecule has 0 bridgehead atoms. The van der Waals surface area contributed by atoms with Crippen LogP contribution in [-0.4, -0.2) is 6.61 Å². The van der Waals surface area contributed by atoms with Crippen LogP contribution in [0.4, 0.5) is 0 Å². The van der Waals surface area contributed by atoms with Gasteiger partial charge in [-0.3, -0.25) is 0 Å². The molecule has 0 aromatic carbocycles. The molecule has 0 unspecified atom stereocenters. The van der Waals surface area contributed by atoms with Gasteiger partial charge < -0.3 is 4.74 Å². The molecular weight excluding hydrogens is 160 g/mol. The van der Waals surface area contributed by atoms with Gasteiger partial charge in [-0.25, -0.2) is 0 Å². The number of hydrogen-bond donors (Lipinski definition) is 0. The Balaban J connectivity index is 2.30. The zero-order valence-corrected chi connectivity index (χ0v) is 8.60. The lowest BCUT2D eigenvalue weighted by Crippen LogP contribution is -2.14. The van der Waals surface area contributed by atoms with E-state index < -0.39 is 0 Å². The standard InChI is InChI=1S/C12H18O/c1-9(2)11-7-3-5-10-6-4-8-13-12(10)11/h5,9H,3-4,6-8H2,1-2H3. The summed E-state index contributed by atoms with van der Waals surface area (Å²) in [7, 11) is 0. The topological polar surface area (TPSA) is 9.23 Å². The summed E-state index contributed by atoms with van der Waals surface area (Å²) in [6, 6.07) is 0. The van der Waals surface area contributed by atoms with Crippen LogP contribution in [0.5, 0.6) is 0 Å². The van der Waals surface area contributed by atoms with E-state index in [0.29, 0.717) is 5.92 Å². The summed E-state index contributed by atoms with van der Waals surface area (Å²) < 4.78 is 5.77. The van der Waals surface area contributed by atoms with Crippen LogP contribution in [0.1, 0.15) is 39.5 Å². The van der Waals surface area contributed by atoms with Crippen molar-refractivity contribution in [3.63, 3.8) is 0 Å². The molecule has 0 atom stereocenters. The summed E-state index contributed by atoms with van der Waals surface area (Å²) in [5.74, 6) is 1.89. The Morgan fingerprint density at radius 2 is 2.15 bits per heavy atom. The van der Waals surface area contributed by atoms with Crippen LogP contribution in [0, 0.1) is 5.92 Å². The maximum Gasteiger partial charge on any atom is 0.121 e. The molecule has 0 radical (unpaired) electrons. The molecule has 1 heterocycles. The molecule has 0 saturated carbocycles. The highest BCUT2D eigenvalue weighted by Crippen LogP contribution is 2.35. The molecule has 72 valence electrons. The molecule has 0 aromatic rings. The lowest BCUT2D eigenvalue weighted by Gasteiger charge is -2.28. The van der Waals surface area contributed by atoms with E-state index in [0.717, 1.165) is 6.61 Å². The van der Waals surface area contributed by atoms with Crippen LogP contribution >= 0.6 is 0 Å². The van der Waals surface area contributed by atoms with E-state index in [4.69, 9.17) is 4.74 Å². The highest BCUT2D eigenvalue weighted by atomic mass is 16.5. The van der Waals surface area contributed by atoms with Crippen LogP contribution in [-0.2, 0) is 4.74 Å². The van der Waals surface area contributed by atoms with Gasteiger partial charge in [-0.05, 0) is 42.7 Å². The summed E-state index contributed by atoms with van der Waals surface area (Å²) in [5.41, 5.74) is 3.01. The Morgan fingerprint density at radius 3 is 2.92 bits per heavy atom. The molecule has 2 rings (SSSR count). The quantitative estimate of drug-likeness (QED) is 0.597. The molecular formula is C12H18O. The van der Waals surface area contributed by atoms with Gasteiger partial charge in [0.2, 0.25) is 0 Å². The first-order valence-corrected chi connectivity index (χ1v) is 5.34. The average molecular weight is 178 g/mol. The van der Waals surface area contributed by atoms with Gasteiger partial charge in [0, 0.05) is 0 Å². The van der Waals surface area contributed by atoms with Crippen LogP contribution in [0.3, 0.4) is 0 Å². The number of hydrogen-bond acceptors (Lipinski definition) is 1. The van der Waals surface area contributed by atoms with Crippen molar-refractivity contribution < 1.29 is 4.74 Å². The van der Waals surface area contributed by atoms with Crippen molar-refractivity contribution in [1.82, 2.24) is 0 Å². The summed E-state index contributed by atoms with van der Waals surface area (Å²) in [6.07, 6.45) is 7.21. The Labute approximate surface area is 80.5 Å². The SMILES string of the molecule is CC(C)C1=C2OCCCC2=CCC1. The molecule has 0 aromatic heterocycles. The molecule has 1 aliphatic heterocycles. The second-order valence-electron chi connectivity index (χ2n) is 4.23. The Bertz CT molecular complexity index is 258. The minimum atomic E-state index is 0.650. The van der Waals surface area contributed by atoms with E-state index >= 15 is 0 Å². The summed E-state index contributed by atoms with van der Waals surface area (Å²) in [4.78, 5) is 0. The Morgan fingerprint density at radius 1 is 1.31 bits per heavy atom. The van der Waals surface area contributed by atoms with Crippen LogP contribution in [0.2, 0.25) is 0 Å². The second kappa shape index (κ2) is 3.57. The molecule has 0 spiro atoms. The summed E-state index contributed by atoms with van der Waals surface area (Å²) in [6.45, 7) is 5.45. The lowest BCUT2D eigenvalue weighted by molar-refractivity contribution is 0.185. The predicted octanol–water partition coefficient (Wildman–Crippen LogP) is 3.43. The van der Waals surface area contributed by atoms with Crippen LogP contribution in [0.15, 0.2) is 23.0 Å². The Hall–Kier alpha value is -0.720. The third kappa shape index (κ3) is 1.65.